The van der Waals surface area contributed by atoms with Crippen LogP contribution in [0.4, 0.5) is 4.39 Å². The molecule has 2 N–H and O–H groups in total. The first-order valence-corrected chi connectivity index (χ1v) is 7.00. The molecule has 1 rings (SSSR count). The Morgan fingerprint density at radius 1 is 1.15 bits per heavy atom. The summed E-state index contributed by atoms with van der Waals surface area (Å²) in [7, 11) is 0.456. The van der Waals surface area contributed by atoms with Gasteiger partial charge in [0, 0.05) is 25.2 Å². The Hall–Kier alpha value is -1.09. The minimum absolute atomic E-state index is 0. The van der Waals surface area contributed by atoms with Crippen molar-refractivity contribution in [2.24, 2.45) is 0 Å². The fourth-order valence-corrected chi connectivity index (χ4v) is 2.53. The highest BCUT2D eigenvalue weighted by Crippen LogP contribution is 2.31. The summed E-state index contributed by atoms with van der Waals surface area (Å²) in [5.41, 5.74) is 0. The van der Waals surface area contributed by atoms with Gasteiger partial charge < -0.3 is 14.8 Å². The minimum atomic E-state index is -3.92. The molecule has 0 fully saturated rings. The van der Waals surface area contributed by atoms with Crippen LogP contribution in [0, 0.1) is 5.82 Å². The van der Waals surface area contributed by atoms with Gasteiger partial charge in [-0.05, 0) is 7.05 Å². The van der Waals surface area contributed by atoms with Crippen LogP contribution in [-0.2, 0) is 10.0 Å². The molecule has 0 aliphatic heterocycles. The molecule has 0 heterocycles. The first-order chi connectivity index (χ1) is 8.96. The van der Waals surface area contributed by atoms with Crippen molar-refractivity contribution < 1.29 is 22.3 Å². The number of methoxy groups -OCH3 is 2. The van der Waals surface area contributed by atoms with E-state index in [2.05, 4.69) is 10.0 Å². The zero-order chi connectivity index (χ0) is 14.5. The first-order valence-electron chi connectivity index (χ1n) is 5.52. The molecular formula is C11H18ClFN2O4S. The molecule has 0 aromatic heterocycles. The smallest absolute Gasteiger partial charge is 0.243 e. The van der Waals surface area contributed by atoms with Crippen molar-refractivity contribution in [2.45, 2.75) is 4.90 Å². The van der Waals surface area contributed by atoms with Crippen LogP contribution in [0.5, 0.6) is 11.5 Å². The van der Waals surface area contributed by atoms with Crippen LogP contribution in [0.25, 0.3) is 0 Å². The normalized spacial score (nSPS) is 10.8. The van der Waals surface area contributed by atoms with Gasteiger partial charge in [-0.3, -0.25) is 0 Å². The summed E-state index contributed by atoms with van der Waals surface area (Å²) in [6.45, 7) is 0.598. The summed E-state index contributed by atoms with van der Waals surface area (Å²) < 4.78 is 49.8. The molecule has 0 amide bonds. The molecular weight excluding hydrogens is 311 g/mol. The van der Waals surface area contributed by atoms with Gasteiger partial charge in [0.15, 0.2) is 11.5 Å². The number of halogens is 2. The van der Waals surface area contributed by atoms with Gasteiger partial charge in [-0.25, -0.2) is 17.5 Å². The van der Waals surface area contributed by atoms with Crippen LogP contribution in [0.1, 0.15) is 0 Å². The molecule has 0 radical (unpaired) electrons. The Balaban J connectivity index is 0.00000361. The zero-order valence-corrected chi connectivity index (χ0v) is 13.0. The first kappa shape index (κ1) is 18.9. The maximum Gasteiger partial charge on any atom is 0.243 e. The summed E-state index contributed by atoms with van der Waals surface area (Å²) in [5, 5.41) is 2.78. The molecule has 0 saturated carbocycles. The van der Waals surface area contributed by atoms with E-state index < -0.39 is 20.7 Å². The van der Waals surface area contributed by atoms with E-state index in [4.69, 9.17) is 9.47 Å². The highest BCUT2D eigenvalue weighted by molar-refractivity contribution is 7.89. The third kappa shape index (κ3) is 4.48. The van der Waals surface area contributed by atoms with E-state index >= 15 is 0 Å². The maximum absolute atomic E-state index is 13.8. The van der Waals surface area contributed by atoms with Crippen molar-refractivity contribution in [1.82, 2.24) is 10.0 Å². The third-order valence-corrected chi connectivity index (χ3v) is 3.87. The minimum Gasteiger partial charge on any atom is -0.493 e. The number of likely N-dealkylation sites (N-methyl/N-ethyl adjacent to an activating group) is 1. The topological polar surface area (TPSA) is 76.7 Å². The lowest BCUT2D eigenvalue weighted by Gasteiger charge is -2.12. The predicted molar refractivity (Wildman–Crippen MR) is 75.9 cm³/mol. The van der Waals surface area contributed by atoms with Gasteiger partial charge in [-0.1, -0.05) is 0 Å². The summed E-state index contributed by atoms with van der Waals surface area (Å²) in [4.78, 5) is -0.471. The van der Waals surface area contributed by atoms with E-state index in [9.17, 15) is 12.8 Å². The average Bonchev–Trinajstić information content (AvgIpc) is 2.38. The second-order valence-electron chi connectivity index (χ2n) is 3.64. The van der Waals surface area contributed by atoms with Gasteiger partial charge in [0.05, 0.1) is 14.2 Å². The number of sulfonamides is 1. The van der Waals surface area contributed by atoms with Crippen molar-refractivity contribution in [3.8, 4) is 11.5 Å². The Morgan fingerprint density at radius 3 is 2.20 bits per heavy atom. The van der Waals surface area contributed by atoms with Crippen LogP contribution in [0.3, 0.4) is 0 Å². The number of rotatable bonds is 7. The van der Waals surface area contributed by atoms with Crippen molar-refractivity contribution in [3.63, 3.8) is 0 Å². The molecule has 9 heteroatoms. The molecule has 20 heavy (non-hydrogen) atoms. The summed E-state index contributed by atoms with van der Waals surface area (Å²) in [5.74, 6) is -0.610. The lowest BCUT2D eigenvalue weighted by atomic mass is 10.3. The predicted octanol–water partition coefficient (Wildman–Crippen LogP) is 0.762. The second-order valence-corrected chi connectivity index (χ2v) is 5.37. The molecule has 0 bridgehead atoms. The molecule has 0 unspecified atom stereocenters. The van der Waals surface area contributed by atoms with Gasteiger partial charge in [-0.15, -0.1) is 12.4 Å². The number of benzene rings is 1. The molecule has 0 aliphatic rings. The molecule has 0 saturated heterocycles. The highest BCUT2D eigenvalue weighted by atomic mass is 35.5. The van der Waals surface area contributed by atoms with Crippen molar-refractivity contribution >= 4 is 22.4 Å². The van der Waals surface area contributed by atoms with Crippen molar-refractivity contribution in [3.05, 3.63) is 17.9 Å². The zero-order valence-electron chi connectivity index (χ0n) is 11.4. The SMILES string of the molecule is CNCCNS(=O)(=O)c1cc(OC)c(OC)cc1F.Cl. The lowest BCUT2D eigenvalue weighted by Crippen LogP contribution is -2.31. The Kier molecular flexibility index (Phi) is 7.80. The quantitative estimate of drug-likeness (QED) is 0.723. The van der Waals surface area contributed by atoms with E-state index in [-0.39, 0.29) is 30.5 Å². The Bertz CT molecular complexity index is 539. The van der Waals surface area contributed by atoms with Gasteiger partial charge in [0.2, 0.25) is 10.0 Å². The lowest BCUT2D eigenvalue weighted by molar-refractivity contribution is 0.350. The van der Waals surface area contributed by atoms with Crippen LogP contribution >= 0.6 is 12.4 Å². The molecule has 1 aromatic carbocycles. The molecule has 0 atom stereocenters. The van der Waals surface area contributed by atoms with Gasteiger partial charge in [0.1, 0.15) is 10.7 Å². The molecule has 0 aliphatic carbocycles. The fourth-order valence-electron chi connectivity index (χ4n) is 1.43. The van der Waals surface area contributed by atoms with E-state index in [0.717, 1.165) is 12.1 Å². The third-order valence-electron chi connectivity index (χ3n) is 2.39. The second kappa shape index (κ2) is 8.25. The van der Waals surface area contributed by atoms with E-state index in [0.29, 0.717) is 6.54 Å². The van der Waals surface area contributed by atoms with Gasteiger partial charge in [0.25, 0.3) is 0 Å². The molecule has 6 nitrogen and oxygen atoms in total. The molecule has 1 aromatic rings. The number of nitrogens with one attached hydrogen (secondary N) is 2. The van der Waals surface area contributed by atoms with Crippen LogP contribution < -0.4 is 19.5 Å². The van der Waals surface area contributed by atoms with Crippen molar-refractivity contribution in [2.75, 3.05) is 34.4 Å². The van der Waals surface area contributed by atoms with E-state index in [1.807, 2.05) is 0 Å². The molecule has 116 valence electrons. The largest absolute Gasteiger partial charge is 0.493 e. The van der Waals surface area contributed by atoms with E-state index in [1.54, 1.807) is 7.05 Å². The van der Waals surface area contributed by atoms with Crippen LogP contribution in [0.15, 0.2) is 17.0 Å². The summed E-state index contributed by atoms with van der Waals surface area (Å²) in [6, 6.07) is 2.07. The van der Waals surface area contributed by atoms with Gasteiger partial charge >= 0.3 is 0 Å². The summed E-state index contributed by atoms with van der Waals surface area (Å²) in [6.07, 6.45) is 0. The Morgan fingerprint density at radius 2 is 1.70 bits per heavy atom. The van der Waals surface area contributed by atoms with Crippen molar-refractivity contribution in [1.29, 1.82) is 0 Å². The van der Waals surface area contributed by atoms with E-state index in [1.165, 1.54) is 14.2 Å². The van der Waals surface area contributed by atoms with Crippen LogP contribution in [-0.4, -0.2) is 42.8 Å². The number of hydrogen-bond acceptors (Lipinski definition) is 5. The standard InChI is InChI=1S/C11H17FN2O4S.ClH/c1-13-4-5-14-19(15,16)11-7-10(18-3)9(17-2)6-8(11)12;/h6-7,13-14H,4-5H2,1-3H3;1H. The maximum atomic E-state index is 13.8. The fraction of sp³-hybridized carbons (Fsp3) is 0.455. The number of hydrogen-bond donors (Lipinski definition) is 2. The van der Waals surface area contributed by atoms with Gasteiger partial charge in [-0.2, -0.15) is 0 Å². The average molecular weight is 329 g/mol. The Labute approximate surface area is 124 Å². The summed E-state index contributed by atoms with van der Waals surface area (Å²) >= 11 is 0. The number of ether oxygens (including phenoxy) is 2. The molecule has 0 spiro atoms. The van der Waals surface area contributed by atoms with Crippen LogP contribution in [0.2, 0.25) is 0 Å². The monoisotopic (exact) mass is 328 g/mol. The highest BCUT2D eigenvalue weighted by Gasteiger charge is 2.22.